The van der Waals surface area contributed by atoms with Crippen LogP contribution in [0.3, 0.4) is 0 Å². The number of carbonyl (C=O) groups is 1. The maximum Gasteiger partial charge on any atom is 0.240 e. The summed E-state index contributed by atoms with van der Waals surface area (Å²) < 4.78 is 0. The van der Waals surface area contributed by atoms with Crippen LogP contribution in [0.4, 0.5) is 0 Å². The van der Waals surface area contributed by atoms with Crippen LogP contribution in [-0.4, -0.2) is 48.6 Å². The van der Waals surface area contributed by atoms with Gasteiger partial charge in [0.05, 0.1) is 6.04 Å². The Kier molecular flexibility index (Phi) is 4.40. The fourth-order valence-corrected chi connectivity index (χ4v) is 3.02. The minimum atomic E-state index is 0.0762. The van der Waals surface area contributed by atoms with Crippen LogP contribution < -0.4 is 10.6 Å². The van der Waals surface area contributed by atoms with Crippen molar-refractivity contribution in [1.29, 1.82) is 0 Å². The van der Waals surface area contributed by atoms with Crippen LogP contribution in [0.5, 0.6) is 0 Å². The molecular weight excluding hydrogens is 214 g/mol. The maximum atomic E-state index is 12.5. The predicted octanol–water partition coefficient (Wildman–Crippen LogP) is 0.727. The van der Waals surface area contributed by atoms with E-state index in [0.717, 1.165) is 45.3 Å². The topological polar surface area (TPSA) is 44.4 Å². The van der Waals surface area contributed by atoms with Crippen molar-refractivity contribution in [3.05, 3.63) is 0 Å². The van der Waals surface area contributed by atoms with Crippen LogP contribution in [0, 0.1) is 0 Å². The average molecular weight is 239 g/mol. The first-order valence-electron chi connectivity index (χ1n) is 6.96. The van der Waals surface area contributed by atoms with E-state index in [1.54, 1.807) is 0 Å². The van der Waals surface area contributed by atoms with Gasteiger partial charge >= 0.3 is 0 Å². The molecule has 1 unspecified atom stereocenters. The van der Waals surface area contributed by atoms with E-state index < -0.39 is 0 Å². The molecule has 0 radical (unpaired) electrons. The van der Waals surface area contributed by atoms with Gasteiger partial charge in [-0.05, 0) is 59.2 Å². The van der Waals surface area contributed by atoms with Crippen molar-refractivity contribution in [3.63, 3.8) is 0 Å². The second-order valence-corrected chi connectivity index (χ2v) is 5.47. The Morgan fingerprint density at radius 1 is 1.18 bits per heavy atom. The maximum absolute atomic E-state index is 12.5. The average Bonchev–Trinajstić information content (AvgIpc) is 2.83. The fourth-order valence-electron chi connectivity index (χ4n) is 3.02. The monoisotopic (exact) mass is 239 g/mol. The molecule has 0 aromatic rings. The summed E-state index contributed by atoms with van der Waals surface area (Å²) in [5, 5.41) is 6.69. The zero-order chi connectivity index (χ0) is 12.3. The lowest BCUT2D eigenvalue weighted by atomic mass is 10.0. The van der Waals surface area contributed by atoms with E-state index in [4.69, 9.17) is 0 Å². The first kappa shape index (κ1) is 12.8. The zero-order valence-corrected chi connectivity index (χ0v) is 11.0. The quantitative estimate of drug-likeness (QED) is 0.763. The fraction of sp³-hybridized carbons (Fsp3) is 0.923. The molecule has 1 atom stereocenters. The van der Waals surface area contributed by atoms with Crippen LogP contribution in [0.25, 0.3) is 0 Å². The summed E-state index contributed by atoms with van der Waals surface area (Å²) in [6, 6.07) is 0.825. The first-order valence-corrected chi connectivity index (χ1v) is 6.96. The molecule has 2 N–H and O–H groups in total. The Labute approximate surface area is 104 Å². The molecular formula is C13H25N3O. The van der Waals surface area contributed by atoms with Crippen LogP contribution in [-0.2, 0) is 4.79 Å². The van der Waals surface area contributed by atoms with Crippen LogP contribution >= 0.6 is 0 Å². The number of hydrogen-bond donors (Lipinski definition) is 2. The summed E-state index contributed by atoms with van der Waals surface area (Å²) in [5.74, 6) is 0.324. The van der Waals surface area contributed by atoms with Gasteiger partial charge in [0.25, 0.3) is 0 Å². The van der Waals surface area contributed by atoms with Crippen LogP contribution in [0.15, 0.2) is 0 Å². The Balaban J connectivity index is 2.02. The van der Waals surface area contributed by atoms with Gasteiger partial charge in [0.15, 0.2) is 0 Å². The number of amides is 1. The van der Waals surface area contributed by atoms with Crippen molar-refractivity contribution in [2.75, 3.05) is 19.6 Å². The van der Waals surface area contributed by atoms with E-state index in [1.807, 2.05) is 0 Å². The van der Waals surface area contributed by atoms with E-state index in [9.17, 15) is 4.79 Å². The lowest BCUT2D eigenvalue weighted by Gasteiger charge is -2.39. The highest BCUT2D eigenvalue weighted by Crippen LogP contribution is 2.19. The van der Waals surface area contributed by atoms with Crippen molar-refractivity contribution in [2.45, 2.75) is 57.7 Å². The third kappa shape index (κ3) is 2.99. The van der Waals surface area contributed by atoms with E-state index in [2.05, 4.69) is 29.4 Å². The van der Waals surface area contributed by atoms with Crippen LogP contribution in [0.2, 0.25) is 0 Å². The van der Waals surface area contributed by atoms with Crippen molar-refractivity contribution in [2.24, 2.45) is 0 Å². The molecule has 2 aliphatic heterocycles. The molecule has 1 amide bonds. The van der Waals surface area contributed by atoms with Gasteiger partial charge in [-0.2, -0.15) is 0 Å². The third-order valence-corrected chi connectivity index (χ3v) is 3.87. The largest absolute Gasteiger partial charge is 0.336 e. The molecule has 0 aromatic carbocycles. The number of hydrogen-bond acceptors (Lipinski definition) is 3. The van der Waals surface area contributed by atoms with Crippen molar-refractivity contribution in [3.8, 4) is 0 Å². The summed E-state index contributed by atoms with van der Waals surface area (Å²) >= 11 is 0. The molecule has 2 saturated heterocycles. The summed E-state index contributed by atoms with van der Waals surface area (Å²) in [7, 11) is 0. The van der Waals surface area contributed by atoms with Gasteiger partial charge in [-0.25, -0.2) is 0 Å². The summed E-state index contributed by atoms with van der Waals surface area (Å²) in [4.78, 5) is 14.7. The SMILES string of the molecule is CC(C)N(C(=O)C1CCCN1)C1CCNCC1. The second kappa shape index (κ2) is 5.83. The number of piperidine rings is 1. The Bertz CT molecular complexity index is 255. The first-order chi connectivity index (χ1) is 8.20. The number of rotatable bonds is 3. The smallest absolute Gasteiger partial charge is 0.240 e. The Morgan fingerprint density at radius 2 is 1.88 bits per heavy atom. The highest BCUT2D eigenvalue weighted by Gasteiger charge is 2.33. The number of nitrogens with one attached hydrogen (secondary N) is 2. The lowest BCUT2D eigenvalue weighted by molar-refractivity contribution is -0.138. The minimum absolute atomic E-state index is 0.0762. The lowest BCUT2D eigenvalue weighted by Crippen LogP contribution is -2.54. The number of nitrogens with zero attached hydrogens (tertiary/aromatic N) is 1. The molecule has 17 heavy (non-hydrogen) atoms. The van der Waals surface area contributed by atoms with Crippen molar-refractivity contribution in [1.82, 2.24) is 15.5 Å². The molecule has 2 rings (SSSR count). The molecule has 4 heteroatoms. The molecule has 4 nitrogen and oxygen atoms in total. The van der Waals surface area contributed by atoms with E-state index in [0.29, 0.717) is 18.0 Å². The van der Waals surface area contributed by atoms with Gasteiger partial charge in [0, 0.05) is 12.1 Å². The van der Waals surface area contributed by atoms with Gasteiger partial charge in [-0.1, -0.05) is 0 Å². The van der Waals surface area contributed by atoms with Gasteiger partial charge in [0.2, 0.25) is 5.91 Å². The molecule has 0 bridgehead atoms. The molecule has 98 valence electrons. The van der Waals surface area contributed by atoms with E-state index in [-0.39, 0.29) is 6.04 Å². The molecule has 0 aliphatic carbocycles. The summed E-state index contributed by atoms with van der Waals surface area (Å²) in [6.07, 6.45) is 4.33. The third-order valence-electron chi connectivity index (χ3n) is 3.87. The second-order valence-electron chi connectivity index (χ2n) is 5.47. The predicted molar refractivity (Wildman–Crippen MR) is 68.9 cm³/mol. The normalized spacial score (nSPS) is 26.4. The van der Waals surface area contributed by atoms with Gasteiger partial charge in [-0.3, -0.25) is 4.79 Å². The van der Waals surface area contributed by atoms with E-state index >= 15 is 0 Å². The van der Waals surface area contributed by atoms with Crippen LogP contribution in [0.1, 0.15) is 39.5 Å². The highest BCUT2D eigenvalue weighted by atomic mass is 16.2. The Hall–Kier alpha value is -0.610. The summed E-state index contributed by atoms with van der Waals surface area (Å²) in [5.41, 5.74) is 0. The van der Waals surface area contributed by atoms with Gasteiger partial charge in [0.1, 0.15) is 0 Å². The highest BCUT2D eigenvalue weighted by molar-refractivity contribution is 5.82. The molecule has 2 aliphatic rings. The standard InChI is InChI=1S/C13H25N3O/c1-10(2)16(11-5-8-14-9-6-11)13(17)12-4-3-7-15-12/h10-12,14-15H,3-9H2,1-2H3. The zero-order valence-electron chi connectivity index (χ0n) is 11.0. The van der Waals surface area contributed by atoms with Gasteiger partial charge in [-0.15, -0.1) is 0 Å². The van der Waals surface area contributed by atoms with Crippen molar-refractivity contribution >= 4 is 5.91 Å². The Morgan fingerprint density at radius 3 is 2.41 bits per heavy atom. The van der Waals surface area contributed by atoms with Crippen molar-refractivity contribution < 1.29 is 4.79 Å². The molecule has 2 fully saturated rings. The molecule has 2 heterocycles. The van der Waals surface area contributed by atoms with E-state index in [1.165, 1.54) is 0 Å². The summed E-state index contributed by atoms with van der Waals surface area (Å²) in [6.45, 7) is 7.34. The molecule has 0 saturated carbocycles. The number of carbonyl (C=O) groups excluding carboxylic acids is 1. The molecule has 0 aromatic heterocycles. The minimum Gasteiger partial charge on any atom is -0.336 e. The molecule has 0 spiro atoms. The van der Waals surface area contributed by atoms with Gasteiger partial charge < -0.3 is 15.5 Å².